The van der Waals surface area contributed by atoms with Crippen LogP contribution in [0.25, 0.3) is 11.0 Å². The largest absolute Gasteiger partial charge is 0.495 e. The Labute approximate surface area is 131 Å². The molecular formula is C16H15F2N3O2. The van der Waals surface area contributed by atoms with Crippen LogP contribution in [0.5, 0.6) is 5.75 Å². The maximum absolute atomic E-state index is 14.3. The van der Waals surface area contributed by atoms with Gasteiger partial charge in [-0.05, 0) is 18.2 Å². The number of nitrogens with two attached hydrogens (primary N) is 1. The molecule has 1 unspecified atom stereocenters. The second-order valence-corrected chi connectivity index (χ2v) is 5.00. The quantitative estimate of drug-likeness (QED) is 0.725. The highest BCUT2D eigenvalue weighted by molar-refractivity contribution is 5.82. The zero-order chi connectivity index (χ0) is 16.6. The van der Waals surface area contributed by atoms with E-state index in [0.717, 1.165) is 6.07 Å². The predicted octanol–water partition coefficient (Wildman–Crippen LogP) is 3.17. The van der Waals surface area contributed by atoms with Gasteiger partial charge in [0.2, 0.25) is 0 Å². The first-order valence-electron chi connectivity index (χ1n) is 6.84. The minimum absolute atomic E-state index is 0.140. The van der Waals surface area contributed by atoms with Gasteiger partial charge in [0.05, 0.1) is 24.6 Å². The molecule has 0 amide bonds. The summed E-state index contributed by atoms with van der Waals surface area (Å²) in [5, 5.41) is 0.650. The van der Waals surface area contributed by atoms with E-state index < -0.39 is 17.7 Å². The van der Waals surface area contributed by atoms with E-state index in [2.05, 4.69) is 9.97 Å². The van der Waals surface area contributed by atoms with Crippen LogP contribution in [0, 0.1) is 11.6 Å². The van der Waals surface area contributed by atoms with Crippen LogP contribution in [0.3, 0.4) is 0 Å². The lowest BCUT2D eigenvalue weighted by molar-refractivity contribution is 0.130. The van der Waals surface area contributed by atoms with Gasteiger partial charge >= 0.3 is 0 Å². The van der Waals surface area contributed by atoms with Crippen molar-refractivity contribution in [2.75, 3.05) is 20.0 Å². The molecule has 2 aromatic heterocycles. The molecule has 0 saturated carbocycles. The summed E-state index contributed by atoms with van der Waals surface area (Å²) in [5.74, 6) is -1.03. The normalized spacial score (nSPS) is 12.5. The molecular weight excluding hydrogens is 304 g/mol. The first-order chi connectivity index (χ1) is 11.1. The zero-order valence-electron chi connectivity index (χ0n) is 12.6. The van der Waals surface area contributed by atoms with Crippen LogP contribution in [0.1, 0.15) is 17.2 Å². The van der Waals surface area contributed by atoms with Gasteiger partial charge in [-0.3, -0.25) is 0 Å². The second kappa shape index (κ2) is 5.85. The number of hydrogen-bond donors (Lipinski definition) is 2. The number of halogens is 2. The van der Waals surface area contributed by atoms with Crippen LogP contribution in [-0.2, 0) is 4.74 Å². The van der Waals surface area contributed by atoms with E-state index in [1.807, 2.05) is 0 Å². The minimum Gasteiger partial charge on any atom is -0.495 e. The highest BCUT2D eigenvalue weighted by Crippen LogP contribution is 2.36. The van der Waals surface area contributed by atoms with E-state index in [9.17, 15) is 8.78 Å². The molecule has 0 aliphatic heterocycles. The summed E-state index contributed by atoms with van der Waals surface area (Å²) >= 11 is 0. The summed E-state index contributed by atoms with van der Waals surface area (Å²) in [6.07, 6.45) is 2.18. The topological polar surface area (TPSA) is 73.2 Å². The maximum Gasteiger partial charge on any atom is 0.155 e. The Hall–Kier alpha value is -2.67. The van der Waals surface area contributed by atoms with Crippen LogP contribution in [0.4, 0.5) is 14.5 Å². The molecule has 3 rings (SSSR count). The van der Waals surface area contributed by atoms with Crippen molar-refractivity contribution in [2.45, 2.75) is 6.10 Å². The molecule has 0 aliphatic rings. The molecule has 3 aromatic rings. The molecule has 5 nitrogen and oxygen atoms in total. The summed E-state index contributed by atoms with van der Waals surface area (Å²) in [4.78, 5) is 7.15. The molecule has 7 heteroatoms. The number of nitrogens with zero attached hydrogens (tertiary/aromatic N) is 1. The van der Waals surface area contributed by atoms with Gasteiger partial charge in [0.15, 0.2) is 5.82 Å². The van der Waals surface area contributed by atoms with Crippen LogP contribution >= 0.6 is 0 Å². The minimum atomic E-state index is -0.971. The number of benzene rings is 1. The van der Waals surface area contributed by atoms with Crippen LogP contribution in [0.2, 0.25) is 0 Å². The third-order valence-electron chi connectivity index (χ3n) is 3.71. The SMILES string of the molecule is COc1cnc2[nH]cc(C(OC)c3c(F)ccc(N)c3F)c2c1. The molecule has 0 aliphatic carbocycles. The van der Waals surface area contributed by atoms with Gasteiger partial charge in [-0.1, -0.05) is 0 Å². The van der Waals surface area contributed by atoms with Crippen molar-refractivity contribution in [2.24, 2.45) is 0 Å². The molecule has 2 heterocycles. The van der Waals surface area contributed by atoms with Crippen LogP contribution < -0.4 is 10.5 Å². The Morgan fingerprint density at radius 1 is 1.26 bits per heavy atom. The summed E-state index contributed by atoms with van der Waals surface area (Å²) in [6.45, 7) is 0. The molecule has 120 valence electrons. The Bertz CT molecular complexity index is 864. The number of nitrogen functional groups attached to an aromatic ring is 1. The van der Waals surface area contributed by atoms with Crippen molar-refractivity contribution >= 4 is 16.7 Å². The average Bonchev–Trinajstić information content (AvgIpc) is 2.98. The van der Waals surface area contributed by atoms with E-state index in [4.69, 9.17) is 15.2 Å². The third-order valence-corrected chi connectivity index (χ3v) is 3.71. The van der Waals surface area contributed by atoms with E-state index in [1.54, 1.807) is 18.5 Å². The molecule has 0 bridgehead atoms. The number of nitrogens with one attached hydrogen (secondary N) is 1. The number of hydrogen-bond acceptors (Lipinski definition) is 4. The number of H-pyrrole nitrogens is 1. The van der Waals surface area contributed by atoms with E-state index in [1.165, 1.54) is 20.3 Å². The molecule has 0 fully saturated rings. The standard InChI is InChI=1S/C16H15F2N3O2/c1-22-8-5-9-10(7-21-16(9)20-6-8)15(23-2)13-11(17)3-4-12(19)14(13)18/h3-7,15H,19H2,1-2H3,(H,20,21). The van der Waals surface area contributed by atoms with E-state index in [0.29, 0.717) is 22.3 Å². The highest BCUT2D eigenvalue weighted by atomic mass is 19.1. The first-order valence-corrected chi connectivity index (χ1v) is 6.84. The molecule has 0 spiro atoms. The number of aromatic nitrogens is 2. The van der Waals surface area contributed by atoms with Crippen molar-refractivity contribution < 1.29 is 18.3 Å². The smallest absolute Gasteiger partial charge is 0.155 e. The van der Waals surface area contributed by atoms with Gasteiger partial charge in [-0.25, -0.2) is 13.8 Å². The lowest BCUT2D eigenvalue weighted by Gasteiger charge is -2.17. The second-order valence-electron chi connectivity index (χ2n) is 5.00. The fourth-order valence-electron chi connectivity index (χ4n) is 2.56. The van der Waals surface area contributed by atoms with Crippen molar-refractivity contribution in [1.29, 1.82) is 0 Å². The number of pyridine rings is 1. The number of anilines is 1. The van der Waals surface area contributed by atoms with Gasteiger partial charge in [0.25, 0.3) is 0 Å². The fourth-order valence-corrected chi connectivity index (χ4v) is 2.56. The van der Waals surface area contributed by atoms with Gasteiger partial charge < -0.3 is 20.2 Å². The lowest BCUT2D eigenvalue weighted by Crippen LogP contribution is -2.10. The van der Waals surface area contributed by atoms with Crippen LogP contribution in [-0.4, -0.2) is 24.2 Å². The summed E-state index contributed by atoms with van der Waals surface area (Å²) in [7, 11) is 2.89. The lowest BCUT2D eigenvalue weighted by atomic mass is 9.99. The summed E-state index contributed by atoms with van der Waals surface area (Å²) in [6, 6.07) is 4.02. The Morgan fingerprint density at radius 3 is 2.74 bits per heavy atom. The molecule has 23 heavy (non-hydrogen) atoms. The summed E-state index contributed by atoms with van der Waals surface area (Å²) in [5.41, 5.74) is 6.28. The van der Waals surface area contributed by atoms with Crippen molar-refractivity contribution in [3.63, 3.8) is 0 Å². The van der Waals surface area contributed by atoms with Gasteiger partial charge in [-0.15, -0.1) is 0 Å². The van der Waals surface area contributed by atoms with E-state index in [-0.39, 0.29) is 11.3 Å². The monoisotopic (exact) mass is 319 g/mol. The maximum atomic E-state index is 14.3. The van der Waals surface area contributed by atoms with Crippen molar-refractivity contribution in [1.82, 2.24) is 9.97 Å². The third kappa shape index (κ3) is 2.49. The van der Waals surface area contributed by atoms with Crippen LogP contribution in [0.15, 0.2) is 30.6 Å². The number of rotatable bonds is 4. The number of ether oxygens (including phenoxy) is 2. The van der Waals surface area contributed by atoms with Gasteiger partial charge in [0.1, 0.15) is 23.3 Å². The predicted molar refractivity (Wildman–Crippen MR) is 82.3 cm³/mol. The Balaban J connectivity index is 2.21. The molecule has 3 N–H and O–H groups in total. The average molecular weight is 319 g/mol. The number of fused-ring (bicyclic) bond motifs is 1. The highest BCUT2D eigenvalue weighted by Gasteiger charge is 2.26. The van der Waals surface area contributed by atoms with Gasteiger partial charge in [0, 0.05) is 24.3 Å². The fraction of sp³-hybridized carbons (Fsp3) is 0.188. The van der Waals surface area contributed by atoms with Crippen molar-refractivity contribution in [3.05, 3.63) is 53.4 Å². The first kappa shape index (κ1) is 15.2. The zero-order valence-corrected chi connectivity index (χ0v) is 12.6. The van der Waals surface area contributed by atoms with E-state index >= 15 is 0 Å². The number of aromatic amines is 1. The van der Waals surface area contributed by atoms with Crippen molar-refractivity contribution in [3.8, 4) is 5.75 Å². The van der Waals surface area contributed by atoms with Gasteiger partial charge in [-0.2, -0.15) is 0 Å². The Kier molecular flexibility index (Phi) is 3.87. The molecule has 1 atom stereocenters. The molecule has 0 saturated heterocycles. The summed E-state index contributed by atoms with van der Waals surface area (Å²) < 4.78 is 39.0. The molecule has 1 aromatic carbocycles. The molecule has 0 radical (unpaired) electrons. The Morgan fingerprint density at radius 2 is 2.04 bits per heavy atom. The number of methoxy groups -OCH3 is 2.